The van der Waals surface area contributed by atoms with Gasteiger partial charge < -0.3 is 10.2 Å². The van der Waals surface area contributed by atoms with Gasteiger partial charge >= 0.3 is 0 Å². The van der Waals surface area contributed by atoms with E-state index in [1.165, 1.54) is 22.3 Å². The molecule has 0 fully saturated rings. The molecular formula is C18H21Cl2N3O2S. The number of unbranched alkanes of at least 4 members (excludes halogenated alkanes) is 3. The lowest BCUT2D eigenvalue weighted by molar-refractivity contribution is -0.116. The van der Waals surface area contributed by atoms with Gasteiger partial charge in [0.25, 0.3) is 5.91 Å². The van der Waals surface area contributed by atoms with Gasteiger partial charge in [0.05, 0.1) is 10.0 Å². The molecule has 0 atom stereocenters. The molecule has 2 amide bonds. The van der Waals surface area contributed by atoms with Crippen LogP contribution >= 0.6 is 34.5 Å². The maximum Gasteiger partial charge on any atom is 0.254 e. The van der Waals surface area contributed by atoms with Gasteiger partial charge in [-0.25, -0.2) is 4.98 Å². The molecule has 0 radical (unpaired) electrons. The fourth-order valence-corrected chi connectivity index (χ4v) is 3.25. The van der Waals surface area contributed by atoms with Crippen LogP contribution in [0, 0.1) is 0 Å². The SMILES string of the molecule is CCCCCCN(CC(=O)Nc1nccs1)C(=O)c1ccc(Cl)c(Cl)c1. The van der Waals surface area contributed by atoms with E-state index >= 15 is 0 Å². The highest BCUT2D eigenvalue weighted by molar-refractivity contribution is 7.13. The molecule has 0 bridgehead atoms. The Morgan fingerprint density at radius 2 is 2.00 bits per heavy atom. The number of nitrogens with one attached hydrogen (secondary N) is 1. The van der Waals surface area contributed by atoms with E-state index < -0.39 is 0 Å². The number of anilines is 1. The summed E-state index contributed by atoms with van der Waals surface area (Å²) >= 11 is 13.3. The highest BCUT2D eigenvalue weighted by Gasteiger charge is 2.20. The van der Waals surface area contributed by atoms with Gasteiger partial charge in [-0.1, -0.05) is 49.4 Å². The normalized spacial score (nSPS) is 10.6. The Balaban J connectivity index is 2.06. The summed E-state index contributed by atoms with van der Waals surface area (Å²) in [4.78, 5) is 30.7. The summed E-state index contributed by atoms with van der Waals surface area (Å²) < 4.78 is 0. The third-order valence-corrected chi connectivity index (χ3v) is 5.18. The summed E-state index contributed by atoms with van der Waals surface area (Å²) in [5, 5.41) is 5.71. The first kappa shape index (κ1) is 20.7. The zero-order valence-corrected chi connectivity index (χ0v) is 16.8. The van der Waals surface area contributed by atoms with Gasteiger partial charge in [0.15, 0.2) is 5.13 Å². The topological polar surface area (TPSA) is 62.3 Å². The Bertz CT molecular complexity index is 738. The minimum absolute atomic E-state index is 0.0369. The molecule has 5 nitrogen and oxygen atoms in total. The molecule has 26 heavy (non-hydrogen) atoms. The predicted octanol–water partition coefficient (Wildman–Crippen LogP) is 5.11. The second-order valence-electron chi connectivity index (χ2n) is 5.80. The molecule has 0 aliphatic rings. The first-order valence-electron chi connectivity index (χ1n) is 8.45. The van der Waals surface area contributed by atoms with Crippen LogP contribution in [-0.2, 0) is 4.79 Å². The van der Waals surface area contributed by atoms with Crippen molar-refractivity contribution in [2.75, 3.05) is 18.4 Å². The Morgan fingerprint density at radius 1 is 1.19 bits per heavy atom. The molecule has 1 N–H and O–H groups in total. The minimum atomic E-state index is -0.274. The lowest BCUT2D eigenvalue weighted by Crippen LogP contribution is -2.38. The Kier molecular flexibility index (Phi) is 8.35. The van der Waals surface area contributed by atoms with Crippen LogP contribution in [0.25, 0.3) is 0 Å². The molecule has 140 valence electrons. The summed E-state index contributed by atoms with van der Waals surface area (Å²) in [6.07, 6.45) is 5.66. The first-order chi connectivity index (χ1) is 12.5. The number of hydrogen-bond donors (Lipinski definition) is 1. The Morgan fingerprint density at radius 3 is 2.65 bits per heavy atom. The van der Waals surface area contributed by atoms with Gasteiger partial charge in [0, 0.05) is 23.7 Å². The monoisotopic (exact) mass is 413 g/mol. The molecule has 0 aliphatic heterocycles. The van der Waals surface area contributed by atoms with Crippen molar-refractivity contribution < 1.29 is 9.59 Å². The summed E-state index contributed by atoms with van der Waals surface area (Å²) in [5.41, 5.74) is 0.414. The van der Waals surface area contributed by atoms with Crippen LogP contribution in [0.1, 0.15) is 43.0 Å². The van der Waals surface area contributed by atoms with Gasteiger partial charge in [0.1, 0.15) is 6.54 Å². The maximum absolute atomic E-state index is 12.8. The van der Waals surface area contributed by atoms with Crippen molar-refractivity contribution in [1.29, 1.82) is 0 Å². The van der Waals surface area contributed by atoms with E-state index in [-0.39, 0.29) is 18.4 Å². The van der Waals surface area contributed by atoms with Crippen LogP contribution in [0.4, 0.5) is 5.13 Å². The van der Waals surface area contributed by atoms with E-state index in [0.717, 1.165) is 25.7 Å². The molecule has 1 aromatic heterocycles. The number of amides is 2. The maximum atomic E-state index is 12.8. The third kappa shape index (κ3) is 6.27. The zero-order valence-electron chi connectivity index (χ0n) is 14.5. The Labute approximate surface area is 167 Å². The predicted molar refractivity (Wildman–Crippen MR) is 107 cm³/mol. The quantitative estimate of drug-likeness (QED) is 0.580. The fraction of sp³-hybridized carbons (Fsp3) is 0.389. The number of hydrogen-bond acceptors (Lipinski definition) is 4. The van der Waals surface area contributed by atoms with E-state index in [1.807, 2.05) is 0 Å². The number of carbonyl (C=O) groups is 2. The van der Waals surface area contributed by atoms with E-state index in [4.69, 9.17) is 23.2 Å². The molecular weight excluding hydrogens is 393 g/mol. The second kappa shape index (κ2) is 10.5. The highest BCUT2D eigenvalue weighted by Crippen LogP contribution is 2.23. The summed E-state index contributed by atoms with van der Waals surface area (Å²) in [6.45, 7) is 2.59. The van der Waals surface area contributed by atoms with Crippen molar-refractivity contribution in [2.45, 2.75) is 32.6 Å². The van der Waals surface area contributed by atoms with Crippen LogP contribution in [-0.4, -0.2) is 34.8 Å². The number of aromatic nitrogens is 1. The number of benzene rings is 1. The van der Waals surface area contributed by atoms with E-state index in [0.29, 0.717) is 27.3 Å². The van der Waals surface area contributed by atoms with Gasteiger partial charge in [0.2, 0.25) is 5.91 Å². The van der Waals surface area contributed by atoms with Crippen LogP contribution in [0.2, 0.25) is 10.0 Å². The van der Waals surface area contributed by atoms with Gasteiger partial charge in [-0.3, -0.25) is 9.59 Å². The average Bonchev–Trinajstić information content (AvgIpc) is 3.12. The standard InChI is InChI=1S/C18H21Cl2N3O2S/c1-2-3-4-5-9-23(12-16(24)22-18-21-8-10-26-18)17(25)13-6-7-14(19)15(20)11-13/h6-8,10-11H,2-5,9,12H2,1H3,(H,21,22,24). The molecule has 1 heterocycles. The second-order valence-corrected chi connectivity index (χ2v) is 7.51. The average molecular weight is 414 g/mol. The van der Waals surface area contributed by atoms with Crippen LogP contribution in [0.15, 0.2) is 29.8 Å². The molecule has 1 aromatic carbocycles. The summed E-state index contributed by atoms with van der Waals surface area (Å²) in [6, 6.07) is 4.74. The van der Waals surface area contributed by atoms with Gasteiger partial charge in [-0.2, -0.15) is 0 Å². The first-order valence-corrected chi connectivity index (χ1v) is 10.1. The number of carbonyl (C=O) groups excluding carboxylic acids is 2. The molecule has 0 unspecified atom stereocenters. The Hall–Kier alpha value is -1.63. The lowest BCUT2D eigenvalue weighted by Gasteiger charge is -2.22. The fourth-order valence-electron chi connectivity index (χ4n) is 2.41. The van der Waals surface area contributed by atoms with Crippen molar-refractivity contribution in [3.05, 3.63) is 45.4 Å². The molecule has 0 spiro atoms. The largest absolute Gasteiger partial charge is 0.329 e. The summed E-state index contributed by atoms with van der Waals surface area (Å²) in [7, 11) is 0. The lowest BCUT2D eigenvalue weighted by atomic mass is 10.1. The van der Waals surface area contributed by atoms with Crippen LogP contribution in [0.5, 0.6) is 0 Å². The smallest absolute Gasteiger partial charge is 0.254 e. The number of thiazole rings is 1. The van der Waals surface area contributed by atoms with E-state index in [2.05, 4.69) is 17.2 Å². The number of halogens is 2. The van der Waals surface area contributed by atoms with E-state index in [9.17, 15) is 9.59 Å². The molecule has 8 heteroatoms. The third-order valence-electron chi connectivity index (χ3n) is 3.75. The van der Waals surface area contributed by atoms with Crippen molar-refractivity contribution >= 4 is 51.5 Å². The summed E-state index contributed by atoms with van der Waals surface area (Å²) in [5.74, 6) is -0.516. The van der Waals surface area contributed by atoms with Crippen LogP contribution in [0.3, 0.4) is 0 Å². The molecule has 0 saturated heterocycles. The number of rotatable bonds is 9. The van der Waals surface area contributed by atoms with Crippen molar-refractivity contribution in [2.24, 2.45) is 0 Å². The molecule has 2 rings (SSSR count). The molecule has 0 saturated carbocycles. The van der Waals surface area contributed by atoms with Crippen molar-refractivity contribution in [3.63, 3.8) is 0 Å². The van der Waals surface area contributed by atoms with E-state index in [1.54, 1.807) is 23.7 Å². The van der Waals surface area contributed by atoms with Crippen molar-refractivity contribution in [1.82, 2.24) is 9.88 Å². The zero-order chi connectivity index (χ0) is 18.9. The van der Waals surface area contributed by atoms with Gasteiger partial charge in [-0.05, 0) is 24.6 Å². The highest BCUT2D eigenvalue weighted by atomic mass is 35.5. The van der Waals surface area contributed by atoms with Crippen LogP contribution < -0.4 is 5.32 Å². The molecule has 0 aliphatic carbocycles. The minimum Gasteiger partial charge on any atom is -0.329 e. The van der Waals surface area contributed by atoms with Crippen molar-refractivity contribution in [3.8, 4) is 0 Å². The number of nitrogens with zero attached hydrogens (tertiary/aromatic N) is 2. The molecule has 2 aromatic rings. The van der Waals surface area contributed by atoms with Gasteiger partial charge in [-0.15, -0.1) is 11.3 Å².